The van der Waals surface area contributed by atoms with Gasteiger partial charge in [0.05, 0.1) is 6.07 Å². The van der Waals surface area contributed by atoms with Crippen molar-refractivity contribution >= 4 is 11.6 Å². The number of nitriles is 1. The van der Waals surface area contributed by atoms with Crippen LogP contribution in [0.15, 0.2) is 18.2 Å². The summed E-state index contributed by atoms with van der Waals surface area (Å²) in [6, 6.07) is 6.10. The van der Waals surface area contributed by atoms with E-state index in [0.29, 0.717) is 17.7 Å². The van der Waals surface area contributed by atoms with Crippen LogP contribution < -0.4 is 5.32 Å². The lowest BCUT2D eigenvalue weighted by Crippen LogP contribution is -2.31. The van der Waals surface area contributed by atoms with Crippen LogP contribution in [0.25, 0.3) is 0 Å². The number of hydrogen-bond donors (Lipinski definition) is 1. The molecule has 90 valence electrons. The topological polar surface area (TPSA) is 52.9 Å². The number of amides is 1. The van der Waals surface area contributed by atoms with E-state index in [-0.39, 0.29) is 11.7 Å². The summed E-state index contributed by atoms with van der Waals surface area (Å²) >= 11 is 0. The number of carbonyl (C=O) groups excluding carboxylic acids is 1. The van der Waals surface area contributed by atoms with Gasteiger partial charge in [0.15, 0.2) is 0 Å². The summed E-state index contributed by atoms with van der Waals surface area (Å²) in [6.45, 7) is 5.07. The Morgan fingerprint density at radius 3 is 2.71 bits per heavy atom. The second-order valence-corrected chi connectivity index (χ2v) is 4.21. The molecule has 1 unspecified atom stereocenters. The van der Waals surface area contributed by atoms with Crippen LogP contribution in [0.5, 0.6) is 0 Å². The standard InChI is InChI=1S/C13H15FN2O/c1-4-13(3,8-15)12(17)16-11-6-5-10(14)7-9(11)2/h5-7H,4H2,1-3H3,(H,16,17). The van der Waals surface area contributed by atoms with Crippen LogP contribution in [0.3, 0.4) is 0 Å². The third-order valence-electron chi connectivity index (χ3n) is 2.89. The monoisotopic (exact) mass is 234 g/mol. The van der Waals surface area contributed by atoms with E-state index in [1.807, 2.05) is 6.07 Å². The lowest BCUT2D eigenvalue weighted by Gasteiger charge is -2.19. The molecule has 0 fully saturated rings. The Morgan fingerprint density at radius 1 is 1.59 bits per heavy atom. The summed E-state index contributed by atoms with van der Waals surface area (Å²) in [5, 5.41) is 11.6. The van der Waals surface area contributed by atoms with Gasteiger partial charge in [0.2, 0.25) is 5.91 Å². The van der Waals surface area contributed by atoms with E-state index in [1.54, 1.807) is 20.8 Å². The molecule has 0 saturated heterocycles. The van der Waals surface area contributed by atoms with Crippen LogP contribution in [0.2, 0.25) is 0 Å². The quantitative estimate of drug-likeness (QED) is 0.874. The molecule has 1 aromatic rings. The number of nitrogens with one attached hydrogen (secondary N) is 1. The van der Waals surface area contributed by atoms with Gasteiger partial charge in [-0.25, -0.2) is 4.39 Å². The number of nitrogens with zero attached hydrogens (tertiary/aromatic N) is 1. The lowest BCUT2D eigenvalue weighted by atomic mass is 9.88. The van der Waals surface area contributed by atoms with Crippen LogP contribution in [0.1, 0.15) is 25.8 Å². The van der Waals surface area contributed by atoms with Crippen LogP contribution in [0.4, 0.5) is 10.1 Å². The van der Waals surface area contributed by atoms with Gasteiger partial charge >= 0.3 is 0 Å². The van der Waals surface area contributed by atoms with Gasteiger partial charge in [-0.05, 0) is 44.0 Å². The second kappa shape index (κ2) is 4.96. The van der Waals surface area contributed by atoms with Crippen molar-refractivity contribution in [1.82, 2.24) is 0 Å². The normalized spacial score (nSPS) is 13.6. The molecule has 1 atom stereocenters. The number of halogens is 1. The summed E-state index contributed by atoms with van der Waals surface area (Å²) in [4.78, 5) is 11.9. The van der Waals surface area contributed by atoms with Gasteiger partial charge in [-0.15, -0.1) is 0 Å². The average Bonchev–Trinajstić information content (AvgIpc) is 2.31. The SMILES string of the molecule is CCC(C)(C#N)C(=O)Nc1ccc(F)cc1C. The van der Waals surface area contributed by atoms with Crippen molar-refractivity contribution in [2.45, 2.75) is 27.2 Å². The minimum atomic E-state index is -1.05. The van der Waals surface area contributed by atoms with E-state index in [1.165, 1.54) is 18.2 Å². The molecule has 0 aliphatic heterocycles. The predicted molar refractivity (Wildman–Crippen MR) is 63.8 cm³/mol. The molecule has 3 nitrogen and oxygen atoms in total. The molecule has 0 bridgehead atoms. The Hall–Kier alpha value is -1.89. The van der Waals surface area contributed by atoms with Gasteiger partial charge in [-0.2, -0.15) is 5.26 Å². The molecular weight excluding hydrogens is 219 g/mol. The molecule has 1 rings (SSSR count). The molecule has 0 aliphatic rings. The second-order valence-electron chi connectivity index (χ2n) is 4.21. The molecule has 0 radical (unpaired) electrons. The molecule has 0 heterocycles. The van der Waals surface area contributed by atoms with E-state index in [2.05, 4.69) is 5.32 Å². The van der Waals surface area contributed by atoms with E-state index < -0.39 is 5.41 Å². The van der Waals surface area contributed by atoms with Gasteiger partial charge < -0.3 is 5.32 Å². The van der Waals surface area contributed by atoms with Crippen LogP contribution in [0, 0.1) is 29.5 Å². The third kappa shape index (κ3) is 2.82. The first-order chi connectivity index (χ1) is 7.92. The minimum absolute atomic E-state index is 0.348. The average molecular weight is 234 g/mol. The number of aryl methyl sites for hydroxylation is 1. The Balaban J connectivity index is 2.93. The van der Waals surface area contributed by atoms with Crippen molar-refractivity contribution in [2.75, 3.05) is 5.32 Å². The van der Waals surface area contributed by atoms with E-state index in [4.69, 9.17) is 5.26 Å². The Kier molecular flexibility index (Phi) is 3.84. The first-order valence-corrected chi connectivity index (χ1v) is 5.42. The van der Waals surface area contributed by atoms with Gasteiger partial charge in [0.1, 0.15) is 11.2 Å². The van der Waals surface area contributed by atoms with E-state index in [9.17, 15) is 9.18 Å². The molecule has 0 spiro atoms. The van der Waals surface area contributed by atoms with Gasteiger partial charge in [-0.1, -0.05) is 6.92 Å². The molecule has 4 heteroatoms. The molecular formula is C13H15FN2O. The van der Waals surface area contributed by atoms with Crippen LogP contribution in [-0.2, 0) is 4.79 Å². The predicted octanol–water partition coefficient (Wildman–Crippen LogP) is 3.01. The number of benzene rings is 1. The highest BCUT2D eigenvalue weighted by Crippen LogP contribution is 2.24. The molecule has 0 saturated carbocycles. The Bertz CT molecular complexity index is 479. The van der Waals surface area contributed by atoms with Crippen molar-refractivity contribution in [3.8, 4) is 6.07 Å². The van der Waals surface area contributed by atoms with Gasteiger partial charge in [-0.3, -0.25) is 4.79 Å². The van der Waals surface area contributed by atoms with Crippen LogP contribution in [-0.4, -0.2) is 5.91 Å². The summed E-state index contributed by atoms with van der Waals surface area (Å²) < 4.78 is 12.9. The Labute approximate surface area is 100 Å². The fraction of sp³-hybridized carbons (Fsp3) is 0.385. The smallest absolute Gasteiger partial charge is 0.244 e. The maximum absolute atomic E-state index is 12.9. The van der Waals surface area contributed by atoms with E-state index in [0.717, 1.165) is 0 Å². The summed E-state index contributed by atoms with van der Waals surface area (Å²) in [6.07, 6.45) is 0.426. The summed E-state index contributed by atoms with van der Waals surface area (Å²) in [5.41, 5.74) is 0.113. The highest BCUT2D eigenvalue weighted by atomic mass is 19.1. The molecule has 17 heavy (non-hydrogen) atoms. The zero-order chi connectivity index (χ0) is 13.1. The summed E-state index contributed by atoms with van der Waals surface area (Å²) in [7, 11) is 0. The number of carbonyl (C=O) groups is 1. The fourth-order valence-corrected chi connectivity index (χ4v) is 1.32. The molecule has 0 aliphatic carbocycles. The number of anilines is 1. The number of hydrogen-bond acceptors (Lipinski definition) is 2. The van der Waals surface area contributed by atoms with Crippen molar-refractivity contribution in [2.24, 2.45) is 5.41 Å². The summed E-state index contributed by atoms with van der Waals surface area (Å²) in [5.74, 6) is -0.712. The van der Waals surface area contributed by atoms with Crippen molar-refractivity contribution < 1.29 is 9.18 Å². The highest BCUT2D eigenvalue weighted by molar-refractivity contribution is 5.97. The largest absolute Gasteiger partial charge is 0.324 e. The van der Waals surface area contributed by atoms with Crippen molar-refractivity contribution in [3.63, 3.8) is 0 Å². The lowest BCUT2D eigenvalue weighted by molar-refractivity contribution is -0.122. The van der Waals surface area contributed by atoms with Crippen molar-refractivity contribution in [1.29, 1.82) is 5.26 Å². The molecule has 1 amide bonds. The van der Waals surface area contributed by atoms with Crippen molar-refractivity contribution in [3.05, 3.63) is 29.6 Å². The third-order valence-corrected chi connectivity index (χ3v) is 2.89. The minimum Gasteiger partial charge on any atom is -0.324 e. The zero-order valence-corrected chi connectivity index (χ0v) is 10.2. The molecule has 0 aromatic heterocycles. The first kappa shape index (κ1) is 13.2. The molecule has 1 N–H and O–H groups in total. The maximum Gasteiger partial charge on any atom is 0.244 e. The fourth-order valence-electron chi connectivity index (χ4n) is 1.32. The number of rotatable bonds is 3. The van der Waals surface area contributed by atoms with Gasteiger partial charge in [0.25, 0.3) is 0 Å². The van der Waals surface area contributed by atoms with E-state index >= 15 is 0 Å². The molecule has 1 aromatic carbocycles. The first-order valence-electron chi connectivity index (χ1n) is 5.42. The van der Waals surface area contributed by atoms with Gasteiger partial charge in [0, 0.05) is 5.69 Å². The maximum atomic E-state index is 12.9. The highest BCUT2D eigenvalue weighted by Gasteiger charge is 2.31. The van der Waals surface area contributed by atoms with Crippen LogP contribution >= 0.6 is 0 Å². The Morgan fingerprint density at radius 2 is 2.24 bits per heavy atom. The zero-order valence-electron chi connectivity index (χ0n) is 10.2.